The minimum absolute atomic E-state index is 0.236. The van der Waals surface area contributed by atoms with Crippen molar-refractivity contribution < 1.29 is 5.11 Å². The molecule has 3 heterocycles. The van der Waals surface area contributed by atoms with Gasteiger partial charge in [-0.05, 0) is 36.4 Å². The van der Waals surface area contributed by atoms with Crippen LogP contribution in [0.15, 0.2) is 85.3 Å². The highest BCUT2D eigenvalue weighted by molar-refractivity contribution is 5.78. The second kappa shape index (κ2) is 6.66. The topological polar surface area (TPSA) is 68.2 Å². The lowest BCUT2D eigenvalue weighted by atomic mass is 10.0. The van der Waals surface area contributed by atoms with Gasteiger partial charge >= 0.3 is 0 Å². The van der Waals surface area contributed by atoms with E-state index in [-0.39, 0.29) is 5.75 Å². The second-order valence-electron chi connectivity index (χ2n) is 6.53. The Bertz CT molecular complexity index is 1240. The van der Waals surface area contributed by atoms with Crippen molar-refractivity contribution in [3.8, 4) is 28.3 Å². The smallest absolute Gasteiger partial charge is 0.160 e. The van der Waals surface area contributed by atoms with Gasteiger partial charge in [-0.3, -0.25) is 4.40 Å². The van der Waals surface area contributed by atoms with E-state index in [0.717, 1.165) is 34.0 Å². The molecule has 0 radical (unpaired) electrons. The molecule has 28 heavy (non-hydrogen) atoms. The third-order valence-corrected chi connectivity index (χ3v) is 4.72. The maximum Gasteiger partial charge on any atom is 0.160 e. The molecule has 6 heteroatoms. The molecule has 0 saturated heterocycles. The first kappa shape index (κ1) is 16.3. The van der Waals surface area contributed by atoms with Gasteiger partial charge in [-0.15, -0.1) is 10.2 Å². The number of phenols is 1. The van der Waals surface area contributed by atoms with Crippen LogP contribution in [0.25, 0.3) is 28.2 Å². The molecule has 0 aliphatic carbocycles. The predicted octanol–water partition coefficient (Wildman–Crippen LogP) is 4.01. The Balaban J connectivity index is 1.65. The molecule has 5 rings (SSSR count). The second-order valence-corrected chi connectivity index (χ2v) is 6.53. The van der Waals surface area contributed by atoms with E-state index < -0.39 is 0 Å². The molecular weight excluding hydrogens is 350 g/mol. The lowest BCUT2D eigenvalue weighted by Crippen LogP contribution is -2.05. The standard InChI is InChI=1S/C22H17N5O/c28-18-11-9-17(10-12-18)22-21(16-6-2-1-3-7-16)23-15-26(22)14-20-25-24-19-8-4-5-13-27(19)20/h1-13,15,28H,14H2. The summed E-state index contributed by atoms with van der Waals surface area (Å²) in [5.41, 5.74) is 4.68. The Kier molecular flexibility index (Phi) is 3.87. The molecule has 3 aromatic heterocycles. The Morgan fingerprint density at radius 3 is 2.39 bits per heavy atom. The molecule has 0 bridgehead atoms. The van der Waals surface area contributed by atoms with Crippen molar-refractivity contribution >= 4 is 5.65 Å². The average molecular weight is 367 g/mol. The Labute approximate surface area is 161 Å². The molecule has 0 fully saturated rings. The number of fused-ring (bicyclic) bond motifs is 1. The van der Waals surface area contributed by atoms with E-state index >= 15 is 0 Å². The van der Waals surface area contributed by atoms with Crippen LogP contribution in [0.2, 0.25) is 0 Å². The Morgan fingerprint density at radius 2 is 1.57 bits per heavy atom. The van der Waals surface area contributed by atoms with Crippen molar-refractivity contribution in [2.75, 3.05) is 0 Å². The van der Waals surface area contributed by atoms with Crippen molar-refractivity contribution in [3.63, 3.8) is 0 Å². The third kappa shape index (κ3) is 2.81. The van der Waals surface area contributed by atoms with Crippen molar-refractivity contribution in [1.82, 2.24) is 24.1 Å². The van der Waals surface area contributed by atoms with Gasteiger partial charge < -0.3 is 9.67 Å². The summed E-state index contributed by atoms with van der Waals surface area (Å²) < 4.78 is 4.04. The van der Waals surface area contributed by atoms with E-state index in [0.29, 0.717) is 6.54 Å². The normalized spacial score (nSPS) is 11.1. The molecule has 1 N–H and O–H groups in total. The molecule has 0 saturated carbocycles. The number of nitrogens with zero attached hydrogens (tertiary/aromatic N) is 5. The quantitative estimate of drug-likeness (QED) is 0.521. The first-order chi connectivity index (χ1) is 13.8. The van der Waals surface area contributed by atoms with Gasteiger partial charge in [0.15, 0.2) is 11.5 Å². The fraction of sp³-hybridized carbons (Fsp3) is 0.0455. The molecule has 136 valence electrons. The van der Waals surface area contributed by atoms with Crippen LogP contribution in [0.4, 0.5) is 0 Å². The molecule has 0 aliphatic heterocycles. The summed E-state index contributed by atoms with van der Waals surface area (Å²) in [6.07, 6.45) is 3.79. The number of benzene rings is 2. The van der Waals surface area contributed by atoms with Crippen LogP contribution < -0.4 is 0 Å². The third-order valence-electron chi connectivity index (χ3n) is 4.72. The monoisotopic (exact) mass is 367 g/mol. The van der Waals surface area contributed by atoms with Gasteiger partial charge in [0, 0.05) is 17.3 Å². The number of imidazole rings is 1. The van der Waals surface area contributed by atoms with Crippen LogP contribution in [0.5, 0.6) is 5.75 Å². The van der Waals surface area contributed by atoms with E-state index in [2.05, 4.69) is 19.7 Å². The van der Waals surface area contributed by atoms with Gasteiger partial charge in [0.1, 0.15) is 5.75 Å². The number of rotatable bonds is 4. The van der Waals surface area contributed by atoms with Crippen molar-refractivity contribution in [3.05, 3.63) is 91.1 Å². The zero-order valence-electron chi connectivity index (χ0n) is 15.0. The first-order valence-electron chi connectivity index (χ1n) is 8.98. The molecule has 5 aromatic rings. The Hall–Kier alpha value is -3.93. The zero-order chi connectivity index (χ0) is 18.9. The molecule has 2 aromatic carbocycles. The van der Waals surface area contributed by atoms with E-state index in [1.165, 1.54) is 0 Å². The van der Waals surface area contributed by atoms with Crippen LogP contribution in [0.3, 0.4) is 0 Å². The highest BCUT2D eigenvalue weighted by atomic mass is 16.3. The highest BCUT2D eigenvalue weighted by Crippen LogP contribution is 2.32. The van der Waals surface area contributed by atoms with Crippen LogP contribution in [0, 0.1) is 0 Å². The lowest BCUT2D eigenvalue weighted by Gasteiger charge is -2.10. The van der Waals surface area contributed by atoms with Gasteiger partial charge in [0.25, 0.3) is 0 Å². The molecular formula is C22H17N5O. The average Bonchev–Trinajstić information content (AvgIpc) is 3.34. The van der Waals surface area contributed by atoms with Gasteiger partial charge in [0.2, 0.25) is 0 Å². The molecule has 6 nitrogen and oxygen atoms in total. The highest BCUT2D eigenvalue weighted by Gasteiger charge is 2.17. The Morgan fingerprint density at radius 1 is 0.786 bits per heavy atom. The van der Waals surface area contributed by atoms with Gasteiger partial charge in [0.05, 0.1) is 24.3 Å². The fourth-order valence-electron chi connectivity index (χ4n) is 3.38. The maximum absolute atomic E-state index is 9.69. The largest absolute Gasteiger partial charge is 0.508 e. The van der Waals surface area contributed by atoms with E-state index in [1.54, 1.807) is 12.1 Å². The number of pyridine rings is 1. The van der Waals surface area contributed by atoms with Crippen molar-refractivity contribution in [2.24, 2.45) is 0 Å². The molecule has 0 aliphatic rings. The molecule has 0 atom stereocenters. The summed E-state index contributed by atoms with van der Waals surface area (Å²) in [5, 5.41) is 18.3. The minimum Gasteiger partial charge on any atom is -0.508 e. The number of hydrogen-bond acceptors (Lipinski definition) is 4. The number of phenolic OH excluding ortho intramolecular Hbond substituents is 1. The number of aromatic hydroxyl groups is 1. The first-order valence-corrected chi connectivity index (χ1v) is 8.98. The van der Waals surface area contributed by atoms with Crippen LogP contribution in [0.1, 0.15) is 5.82 Å². The molecule has 0 unspecified atom stereocenters. The zero-order valence-corrected chi connectivity index (χ0v) is 15.0. The van der Waals surface area contributed by atoms with Crippen LogP contribution in [-0.4, -0.2) is 29.3 Å². The van der Waals surface area contributed by atoms with E-state index in [9.17, 15) is 5.11 Å². The minimum atomic E-state index is 0.236. The van der Waals surface area contributed by atoms with E-state index in [4.69, 9.17) is 0 Å². The van der Waals surface area contributed by atoms with Gasteiger partial charge in [-0.25, -0.2) is 4.98 Å². The number of aromatic nitrogens is 5. The van der Waals surface area contributed by atoms with Gasteiger partial charge in [-0.2, -0.15) is 0 Å². The summed E-state index contributed by atoms with van der Waals surface area (Å²) >= 11 is 0. The predicted molar refractivity (Wildman–Crippen MR) is 107 cm³/mol. The summed E-state index contributed by atoms with van der Waals surface area (Å²) in [6, 6.07) is 23.1. The van der Waals surface area contributed by atoms with Gasteiger partial charge in [-0.1, -0.05) is 36.4 Å². The number of hydrogen-bond donors (Lipinski definition) is 1. The summed E-state index contributed by atoms with van der Waals surface area (Å²) in [4.78, 5) is 4.69. The summed E-state index contributed by atoms with van der Waals surface area (Å²) in [6.45, 7) is 0.529. The molecule has 0 spiro atoms. The van der Waals surface area contributed by atoms with E-state index in [1.807, 2.05) is 77.6 Å². The summed E-state index contributed by atoms with van der Waals surface area (Å²) in [5.74, 6) is 1.06. The van der Waals surface area contributed by atoms with Crippen LogP contribution in [-0.2, 0) is 6.54 Å². The summed E-state index contributed by atoms with van der Waals surface area (Å²) in [7, 11) is 0. The maximum atomic E-state index is 9.69. The van der Waals surface area contributed by atoms with Crippen LogP contribution >= 0.6 is 0 Å². The lowest BCUT2D eigenvalue weighted by molar-refractivity contribution is 0.475. The SMILES string of the molecule is Oc1ccc(-c2c(-c3ccccc3)ncn2Cc2nnc3ccccn23)cc1. The van der Waals surface area contributed by atoms with Crippen molar-refractivity contribution in [2.45, 2.75) is 6.54 Å². The fourth-order valence-corrected chi connectivity index (χ4v) is 3.38. The van der Waals surface area contributed by atoms with Crippen molar-refractivity contribution in [1.29, 1.82) is 0 Å². The molecule has 0 amide bonds.